The summed E-state index contributed by atoms with van der Waals surface area (Å²) in [6.45, 7) is 6.92. The summed E-state index contributed by atoms with van der Waals surface area (Å²) in [5.41, 5.74) is 5.65. The molecule has 4 aromatic rings. The molecular formula is C30H28ClN5O. The second-order valence-electron chi connectivity index (χ2n) is 9.38. The number of pyridine rings is 2. The Morgan fingerprint density at radius 2 is 1.84 bits per heavy atom. The van der Waals surface area contributed by atoms with E-state index in [2.05, 4.69) is 44.0 Å². The van der Waals surface area contributed by atoms with Gasteiger partial charge in [-0.1, -0.05) is 35.6 Å². The van der Waals surface area contributed by atoms with E-state index in [0.717, 1.165) is 65.9 Å². The molecule has 1 amide bonds. The standard InChI is InChI=1S/C30H28ClN5O/c1-21-5-10-27(16-22(21)6-8-25-19-32-18-24-4-3-11-33-29(24)25)34-30(37)23-7-9-26(28(31)17-23)20-36-14-12-35(2)13-15-36/h3-5,7,9-11,16-19H,12-15,20H2,1-2H3,(H,34,37). The number of rotatable bonds is 4. The van der Waals surface area contributed by atoms with E-state index in [1.165, 1.54) is 0 Å². The minimum Gasteiger partial charge on any atom is -0.322 e. The number of aromatic nitrogens is 2. The zero-order valence-electron chi connectivity index (χ0n) is 21.0. The van der Waals surface area contributed by atoms with Gasteiger partial charge in [0.2, 0.25) is 0 Å². The second-order valence-corrected chi connectivity index (χ2v) is 9.79. The van der Waals surface area contributed by atoms with Crippen molar-refractivity contribution in [2.75, 3.05) is 38.5 Å². The van der Waals surface area contributed by atoms with Crippen molar-refractivity contribution in [3.05, 3.63) is 100.0 Å². The number of likely N-dealkylation sites (N-methyl/N-ethyl adjacent to an activating group) is 1. The number of aryl methyl sites for hydroxylation is 1. The molecule has 6 nitrogen and oxygen atoms in total. The molecule has 1 aliphatic heterocycles. The number of benzene rings is 2. The SMILES string of the molecule is Cc1ccc(NC(=O)c2ccc(CN3CCN(C)CC3)c(Cl)c2)cc1C#Cc1cncc2cccnc12. The van der Waals surface area contributed by atoms with E-state index in [0.29, 0.717) is 16.3 Å². The van der Waals surface area contributed by atoms with Gasteiger partial charge in [-0.05, 0) is 61.5 Å². The maximum Gasteiger partial charge on any atom is 0.255 e. The number of amides is 1. The fourth-order valence-corrected chi connectivity index (χ4v) is 4.57. The van der Waals surface area contributed by atoms with Crippen molar-refractivity contribution in [2.45, 2.75) is 13.5 Å². The Morgan fingerprint density at radius 3 is 2.65 bits per heavy atom. The molecule has 5 rings (SSSR count). The summed E-state index contributed by atoms with van der Waals surface area (Å²) in [4.78, 5) is 26.4. The van der Waals surface area contributed by atoms with E-state index >= 15 is 0 Å². The number of anilines is 1. The van der Waals surface area contributed by atoms with Crippen LogP contribution < -0.4 is 5.32 Å². The molecular weight excluding hydrogens is 482 g/mol. The predicted molar refractivity (Wildman–Crippen MR) is 149 cm³/mol. The second kappa shape index (κ2) is 11.1. The van der Waals surface area contributed by atoms with Gasteiger partial charge in [-0.3, -0.25) is 19.7 Å². The molecule has 1 fully saturated rings. The van der Waals surface area contributed by atoms with Crippen molar-refractivity contribution < 1.29 is 4.79 Å². The zero-order chi connectivity index (χ0) is 25.8. The van der Waals surface area contributed by atoms with Crippen LogP contribution in [0.4, 0.5) is 5.69 Å². The lowest BCUT2D eigenvalue weighted by Gasteiger charge is -2.32. The average Bonchev–Trinajstić information content (AvgIpc) is 2.91. The number of nitrogens with zero attached hydrogens (tertiary/aromatic N) is 4. The van der Waals surface area contributed by atoms with Crippen molar-refractivity contribution in [1.29, 1.82) is 0 Å². The molecule has 0 aliphatic carbocycles. The summed E-state index contributed by atoms with van der Waals surface area (Å²) < 4.78 is 0. The molecule has 2 aromatic carbocycles. The van der Waals surface area contributed by atoms with Crippen LogP contribution in [0.1, 0.15) is 32.6 Å². The first-order valence-electron chi connectivity index (χ1n) is 12.3. The van der Waals surface area contributed by atoms with E-state index < -0.39 is 0 Å². The first-order chi connectivity index (χ1) is 18.0. The van der Waals surface area contributed by atoms with E-state index in [4.69, 9.17) is 11.6 Å². The number of carbonyl (C=O) groups is 1. The highest BCUT2D eigenvalue weighted by Crippen LogP contribution is 2.22. The molecule has 0 radical (unpaired) electrons. The molecule has 0 spiro atoms. The van der Waals surface area contributed by atoms with Crippen molar-refractivity contribution in [1.82, 2.24) is 19.8 Å². The Kier molecular flexibility index (Phi) is 7.47. The predicted octanol–water partition coefficient (Wildman–Crippen LogP) is 4.99. The molecule has 1 saturated heterocycles. The maximum absolute atomic E-state index is 13.0. The zero-order valence-corrected chi connectivity index (χ0v) is 21.7. The summed E-state index contributed by atoms with van der Waals surface area (Å²) in [7, 11) is 2.14. The van der Waals surface area contributed by atoms with E-state index in [1.54, 1.807) is 24.7 Å². The Morgan fingerprint density at radius 1 is 1.03 bits per heavy atom. The number of nitrogens with one attached hydrogen (secondary N) is 1. The molecule has 3 heterocycles. The summed E-state index contributed by atoms with van der Waals surface area (Å²) in [6.07, 6.45) is 5.25. The van der Waals surface area contributed by atoms with Crippen LogP contribution in [0.25, 0.3) is 10.9 Å². The van der Waals surface area contributed by atoms with Crippen LogP contribution >= 0.6 is 11.6 Å². The van der Waals surface area contributed by atoms with Crippen LogP contribution in [-0.4, -0.2) is 58.9 Å². The van der Waals surface area contributed by atoms with Gasteiger partial charge in [-0.2, -0.15) is 0 Å². The Balaban J connectivity index is 1.30. The lowest BCUT2D eigenvalue weighted by atomic mass is 10.1. The molecule has 7 heteroatoms. The van der Waals surface area contributed by atoms with Crippen LogP contribution in [-0.2, 0) is 6.54 Å². The first kappa shape index (κ1) is 24.9. The smallest absolute Gasteiger partial charge is 0.255 e. The Hall–Kier alpha value is -3.76. The van der Waals surface area contributed by atoms with Gasteiger partial charge < -0.3 is 10.2 Å². The average molecular weight is 510 g/mol. The molecule has 37 heavy (non-hydrogen) atoms. The van der Waals surface area contributed by atoms with Gasteiger partial charge in [-0.25, -0.2) is 0 Å². The minimum atomic E-state index is -0.210. The van der Waals surface area contributed by atoms with Gasteiger partial charge in [0.15, 0.2) is 0 Å². The fraction of sp³-hybridized carbons (Fsp3) is 0.233. The quantitative estimate of drug-likeness (QED) is 0.393. The largest absolute Gasteiger partial charge is 0.322 e. The van der Waals surface area contributed by atoms with E-state index in [-0.39, 0.29) is 5.91 Å². The number of piperazine rings is 1. The Bertz CT molecular complexity index is 1510. The summed E-state index contributed by atoms with van der Waals surface area (Å²) in [5, 5.41) is 4.54. The molecule has 186 valence electrons. The van der Waals surface area contributed by atoms with Crippen LogP contribution in [0.15, 0.2) is 67.1 Å². The number of hydrogen-bond acceptors (Lipinski definition) is 5. The van der Waals surface area contributed by atoms with Crippen molar-refractivity contribution in [3.8, 4) is 11.8 Å². The lowest BCUT2D eigenvalue weighted by Crippen LogP contribution is -2.43. The van der Waals surface area contributed by atoms with Gasteiger partial charge >= 0.3 is 0 Å². The van der Waals surface area contributed by atoms with E-state index in [9.17, 15) is 4.79 Å². The summed E-state index contributed by atoms with van der Waals surface area (Å²) in [5.74, 6) is 6.21. The fourth-order valence-electron chi connectivity index (χ4n) is 4.33. The Labute approximate surface area is 222 Å². The van der Waals surface area contributed by atoms with Crippen LogP contribution in [0.5, 0.6) is 0 Å². The monoisotopic (exact) mass is 509 g/mol. The van der Waals surface area contributed by atoms with Gasteiger partial charge in [0.1, 0.15) is 0 Å². The van der Waals surface area contributed by atoms with Crippen molar-refractivity contribution in [3.63, 3.8) is 0 Å². The van der Waals surface area contributed by atoms with Gasteiger partial charge in [-0.15, -0.1) is 0 Å². The van der Waals surface area contributed by atoms with Crippen LogP contribution in [0, 0.1) is 18.8 Å². The molecule has 0 unspecified atom stereocenters. The van der Waals surface area contributed by atoms with Crippen LogP contribution in [0.2, 0.25) is 5.02 Å². The summed E-state index contributed by atoms with van der Waals surface area (Å²) in [6, 6.07) is 15.1. The first-order valence-corrected chi connectivity index (χ1v) is 12.7. The van der Waals surface area contributed by atoms with Gasteiger partial charge in [0.05, 0.1) is 11.1 Å². The third-order valence-corrected chi connectivity index (χ3v) is 7.00. The third kappa shape index (κ3) is 5.98. The molecule has 1 aliphatic rings. The molecule has 0 saturated carbocycles. The topological polar surface area (TPSA) is 61.4 Å². The molecule has 0 atom stereocenters. The summed E-state index contributed by atoms with van der Waals surface area (Å²) >= 11 is 6.57. The highest BCUT2D eigenvalue weighted by molar-refractivity contribution is 6.31. The molecule has 1 N–H and O–H groups in total. The minimum absolute atomic E-state index is 0.210. The number of fused-ring (bicyclic) bond motifs is 1. The highest BCUT2D eigenvalue weighted by atomic mass is 35.5. The molecule has 0 bridgehead atoms. The van der Waals surface area contributed by atoms with E-state index in [1.807, 2.05) is 49.4 Å². The van der Waals surface area contributed by atoms with Crippen molar-refractivity contribution >= 4 is 34.1 Å². The van der Waals surface area contributed by atoms with Crippen molar-refractivity contribution in [2.24, 2.45) is 0 Å². The van der Waals surface area contributed by atoms with Crippen LogP contribution in [0.3, 0.4) is 0 Å². The highest BCUT2D eigenvalue weighted by Gasteiger charge is 2.16. The third-order valence-electron chi connectivity index (χ3n) is 6.64. The molecule has 2 aromatic heterocycles. The number of carbonyl (C=O) groups excluding carboxylic acids is 1. The van der Waals surface area contributed by atoms with Gasteiger partial charge in [0, 0.05) is 78.5 Å². The number of halogens is 1. The normalized spacial score (nSPS) is 14.2. The van der Waals surface area contributed by atoms with Gasteiger partial charge in [0.25, 0.3) is 5.91 Å². The number of hydrogen-bond donors (Lipinski definition) is 1. The maximum atomic E-state index is 13.0. The lowest BCUT2D eigenvalue weighted by molar-refractivity contribution is 0.102.